The first-order chi connectivity index (χ1) is 13.9. The number of ether oxygens (including phenoxy) is 1. The average molecular weight is 428 g/mol. The highest BCUT2D eigenvalue weighted by Gasteiger charge is 2.20. The summed E-state index contributed by atoms with van der Waals surface area (Å²) in [5, 5.41) is 0.307. The van der Waals surface area contributed by atoms with Crippen molar-refractivity contribution in [2.45, 2.75) is 11.8 Å². The van der Waals surface area contributed by atoms with Crippen molar-refractivity contribution in [3.63, 3.8) is 0 Å². The summed E-state index contributed by atoms with van der Waals surface area (Å²) in [6.45, 7) is 2.02. The van der Waals surface area contributed by atoms with E-state index in [1.807, 2.05) is 25.1 Å². The lowest BCUT2D eigenvalue weighted by molar-refractivity contribution is 0.403. The smallest absolute Gasteiger partial charge is 0.265 e. The highest BCUT2D eigenvalue weighted by molar-refractivity contribution is 7.92. The second-order valence-corrected chi connectivity index (χ2v) is 8.67. The van der Waals surface area contributed by atoms with Gasteiger partial charge in [-0.2, -0.15) is 0 Å². The molecule has 6 nitrogen and oxygen atoms in total. The molecule has 1 heterocycles. The van der Waals surface area contributed by atoms with E-state index in [-0.39, 0.29) is 10.6 Å². The minimum absolute atomic E-state index is 0.0239. The van der Waals surface area contributed by atoms with Crippen LogP contribution < -0.4 is 9.46 Å². The molecule has 0 atom stereocenters. The number of halogens is 1. The van der Waals surface area contributed by atoms with Crippen LogP contribution in [0.2, 0.25) is 5.02 Å². The molecule has 0 aliphatic rings. The lowest BCUT2D eigenvalue weighted by atomic mass is 10.2. The first-order valence-electron chi connectivity index (χ1n) is 8.79. The van der Waals surface area contributed by atoms with E-state index in [1.165, 1.54) is 19.2 Å². The second kappa shape index (κ2) is 7.42. The summed E-state index contributed by atoms with van der Waals surface area (Å²) in [5.74, 6) is 0.938. The van der Waals surface area contributed by atoms with Crippen molar-refractivity contribution in [3.05, 3.63) is 71.2 Å². The Morgan fingerprint density at radius 2 is 1.79 bits per heavy atom. The van der Waals surface area contributed by atoms with Gasteiger partial charge in [0, 0.05) is 16.3 Å². The molecule has 148 valence electrons. The fourth-order valence-corrected chi connectivity index (χ4v) is 4.52. The number of fused-ring (bicyclic) bond motifs is 1. The Kier molecular flexibility index (Phi) is 4.94. The van der Waals surface area contributed by atoms with Crippen LogP contribution in [0.4, 0.5) is 5.69 Å². The van der Waals surface area contributed by atoms with Crippen LogP contribution in [0, 0.1) is 6.92 Å². The number of imidazole rings is 1. The van der Waals surface area contributed by atoms with E-state index in [0.29, 0.717) is 10.7 Å². The van der Waals surface area contributed by atoms with Gasteiger partial charge in [0.05, 0.1) is 18.1 Å². The van der Waals surface area contributed by atoms with Crippen molar-refractivity contribution < 1.29 is 13.2 Å². The molecule has 0 fully saturated rings. The fourth-order valence-electron chi connectivity index (χ4n) is 3.03. The molecular formula is C21H18ClN3O3S. The number of rotatable bonds is 5. The van der Waals surface area contributed by atoms with Crippen molar-refractivity contribution in [1.82, 2.24) is 9.97 Å². The molecule has 2 N–H and O–H groups in total. The number of methoxy groups -OCH3 is 1. The standard InChI is InChI=1S/C21H18ClN3O3S/c1-13-3-9-17-18(11-13)24-21(23-17)14-4-7-16(8-5-14)25-29(26,27)20-12-15(22)6-10-19(20)28-2/h3-12,25H,1-2H3,(H,23,24). The third-order valence-corrected chi connectivity index (χ3v) is 6.10. The molecule has 0 unspecified atom stereocenters. The minimum Gasteiger partial charge on any atom is -0.495 e. The number of aromatic nitrogens is 2. The Hall–Kier alpha value is -3.03. The van der Waals surface area contributed by atoms with Gasteiger partial charge in [0.25, 0.3) is 10.0 Å². The maximum Gasteiger partial charge on any atom is 0.265 e. The molecule has 0 spiro atoms. The number of sulfonamides is 1. The zero-order valence-corrected chi connectivity index (χ0v) is 17.3. The Morgan fingerprint density at radius 3 is 2.52 bits per heavy atom. The van der Waals surface area contributed by atoms with Crippen molar-refractivity contribution in [3.8, 4) is 17.1 Å². The monoisotopic (exact) mass is 427 g/mol. The molecule has 0 bridgehead atoms. The van der Waals surface area contributed by atoms with E-state index in [2.05, 4.69) is 14.7 Å². The maximum absolute atomic E-state index is 12.8. The maximum atomic E-state index is 12.8. The van der Waals surface area contributed by atoms with Gasteiger partial charge in [-0.3, -0.25) is 4.72 Å². The fraction of sp³-hybridized carbons (Fsp3) is 0.0952. The Morgan fingerprint density at radius 1 is 1.03 bits per heavy atom. The molecule has 4 rings (SSSR count). The molecule has 1 aromatic heterocycles. The average Bonchev–Trinajstić information content (AvgIpc) is 3.11. The number of hydrogen-bond donors (Lipinski definition) is 2. The highest BCUT2D eigenvalue weighted by Crippen LogP contribution is 2.29. The number of H-pyrrole nitrogens is 1. The van der Waals surface area contributed by atoms with Gasteiger partial charge in [-0.05, 0) is 67.1 Å². The van der Waals surface area contributed by atoms with E-state index in [0.717, 1.165) is 28.0 Å². The van der Waals surface area contributed by atoms with Gasteiger partial charge in [0.15, 0.2) is 0 Å². The van der Waals surface area contributed by atoms with E-state index >= 15 is 0 Å². The summed E-state index contributed by atoms with van der Waals surface area (Å²) < 4.78 is 33.2. The summed E-state index contributed by atoms with van der Waals surface area (Å²) in [6.07, 6.45) is 0. The van der Waals surface area contributed by atoms with Gasteiger partial charge in [-0.15, -0.1) is 0 Å². The van der Waals surface area contributed by atoms with Gasteiger partial charge in [-0.1, -0.05) is 17.7 Å². The highest BCUT2D eigenvalue weighted by atomic mass is 35.5. The van der Waals surface area contributed by atoms with Crippen molar-refractivity contribution in [1.29, 1.82) is 0 Å². The van der Waals surface area contributed by atoms with Gasteiger partial charge in [0.1, 0.15) is 16.5 Å². The van der Waals surface area contributed by atoms with E-state index in [9.17, 15) is 8.42 Å². The molecule has 0 radical (unpaired) electrons. The zero-order chi connectivity index (χ0) is 20.6. The number of benzene rings is 3. The SMILES string of the molecule is COc1ccc(Cl)cc1S(=O)(=O)Nc1ccc(-c2nc3ccc(C)cc3[nH]2)cc1. The van der Waals surface area contributed by atoms with Crippen LogP contribution in [0.1, 0.15) is 5.56 Å². The van der Waals surface area contributed by atoms with Crippen LogP contribution in [0.15, 0.2) is 65.6 Å². The van der Waals surface area contributed by atoms with Crippen LogP contribution in [0.5, 0.6) is 5.75 Å². The van der Waals surface area contributed by atoms with Crippen LogP contribution in [-0.2, 0) is 10.0 Å². The molecule has 29 heavy (non-hydrogen) atoms. The topological polar surface area (TPSA) is 84.1 Å². The van der Waals surface area contributed by atoms with Gasteiger partial charge in [0.2, 0.25) is 0 Å². The van der Waals surface area contributed by atoms with E-state index in [1.54, 1.807) is 30.3 Å². The van der Waals surface area contributed by atoms with Crippen LogP contribution >= 0.6 is 11.6 Å². The lowest BCUT2D eigenvalue weighted by Crippen LogP contribution is -2.14. The molecule has 0 aliphatic carbocycles. The van der Waals surface area contributed by atoms with Crippen molar-refractivity contribution in [2.24, 2.45) is 0 Å². The molecule has 0 aliphatic heterocycles. The van der Waals surface area contributed by atoms with Gasteiger partial charge in [-0.25, -0.2) is 13.4 Å². The molecule has 3 aromatic carbocycles. The molecule has 8 heteroatoms. The number of hydrogen-bond acceptors (Lipinski definition) is 4. The predicted molar refractivity (Wildman–Crippen MR) is 115 cm³/mol. The molecule has 0 saturated carbocycles. The molecule has 0 saturated heterocycles. The summed E-state index contributed by atoms with van der Waals surface area (Å²) in [5.41, 5.74) is 4.25. The van der Waals surface area contributed by atoms with Crippen molar-refractivity contribution >= 4 is 38.3 Å². The number of nitrogens with one attached hydrogen (secondary N) is 2. The Labute approximate surface area is 173 Å². The predicted octanol–water partition coefficient (Wildman–Crippen LogP) is 5.00. The first kappa shape index (κ1) is 19.3. The van der Waals surface area contributed by atoms with E-state index < -0.39 is 10.0 Å². The van der Waals surface area contributed by atoms with Crippen molar-refractivity contribution in [2.75, 3.05) is 11.8 Å². The van der Waals surface area contributed by atoms with Gasteiger partial charge < -0.3 is 9.72 Å². The molecule has 4 aromatic rings. The number of aromatic amines is 1. The quantitative estimate of drug-likeness (QED) is 0.469. The second-order valence-electron chi connectivity index (χ2n) is 6.58. The number of nitrogens with zero attached hydrogens (tertiary/aromatic N) is 1. The number of aryl methyl sites for hydroxylation is 1. The van der Waals surface area contributed by atoms with E-state index in [4.69, 9.17) is 16.3 Å². The summed E-state index contributed by atoms with van der Waals surface area (Å²) in [7, 11) is -2.46. The molecule has 0 amide bonds. The summed E-state index contributed by atoms with van der Waals surface area (Å²) >= 11 is 5.96. The lowest BCUT2D eigenvalue weighted by Gasteiger charge is -2.12. The van der Waals surface area contributed by atoms with Crippen LogP contribution in [0.3, 0.4) is 0 Å². The zero-order valence-electron chi connectivity index (χ0n) is 15.7. The summed E-state index contributed by atoms with van der Waals surface area (Å²) in [4.78, 5) is 7.85. The Bertz CT molecular complexity index is 1300. The third kappa shape index (κ3) is 3.92. The Balaban J connectivity index is 1.61. The number of anilines is 1. The largest absolute Gasteiger partial charge is 0.495 e. The third-order valence-electron chi connectivity index (χ3n) is 4.46. The normalized spacial score (nSPS) is 11.6. The summed E-state index contributed by atoms with van der Waals surface area (Å²) in [6, 6.07) is 17.4. The van der Waals surface area contributed by atoms with Crippen LogP contribution in [-0.4, -0.2) is 25.5 Å². The first-order valence-corrected chi connectivity index (χ1v) is 10.6. The molecular weight excluding hydrogens is 410 g/mol. The van der Waals surface area contributed by atoms with Crippen LogP contribution in [0.25, 0.3) is 22.4 Å². The van der Waals surface area contributed by atoms with Gasteiger partial charge >= 0.3 is 0 Å². The minimum atomic E-state index is -3.86.